The third-order valence-electron chi connectivity index (χ3n) is 7.34. The average molecular weight is 645 g/mol. The number of hydrogen-bond acceptors (Lipinski definition) is 2. The molecule has 0 heterocycles. The van der Waals surface area contributed by atoms with Crippen LogP contribution in [0.5, 0.6) is 0 Å². The molecule has 2 N–H and O–H groups in total. The summed E-state index contributed by atoms with van der Waals surface area (Å²) < 4.78 is 0. The molecule has 0 radical (unpaired) electrons. The van der Waals surface area contributed by atoms with E-state index in [1.807, 2.05) is 0 Å². The van der Waals surface area contributed by atoms with Crippen molar-refractivity contribution in [2.45, 2.75) is 194 Å². The Bertz CT molecular complexity index is 581. The van der Waals surface area contributed by atoms with Gasteiger partial charge in [0.05, 0.1) is 0 Å². The Labute approximate surface area is 294 Å². The Morgan fingerprint density at radius 3 is 1.02 bits per heavy atom. The monoisotopic (exact) mass is 644 g/mol. The van der Waals surface area contributed by atoms with Crippen molar-refractivity contribution in [1.82, 2.24) is 0 Å². The molecule has 0 aromatic rings. The van der Waals surface area contributed by atoms with E-state index in [0.29, 0.717) is 12.8 Å². The fourth-order valence-electron chi connectivity index (χ4n) is 4.74. The van der Waals surface area contributed by atoms with Crippen molar-refractivity contribution in [3.8, 4) is 0 Å². The molecule has 42 heavy (non-hydrogen) atoms. The van der Waals surface area contributed by atoms with Gasteiger partial charge >= 0.3 is 41.5 Å². The van der Waals surface area contributed by atoms with E-state index < -0.39 is 11.9 Å². The second kappa shape index (κ2) is 45.4. The van der Waals surface area contributed by atoms with E-state index in [1.54, 1.807) is 0 Å². The van der Waals surface area contributed by atoms with Crippen LogP contribution in [0.1, 0.15) is 194 Å². The second-order valence-corrected chi connectivity index (χ2v) is 11.5. The third kappa shape index (κ3) is 52.6. The molecule has 0 aliphatic carbocycles. The van der Waals surface area contributed by atoms with Crippen molar-refractivity contribution in [3.63, 3.8) is 0 Å². The summed E-state index contributed by atoms with van der Waals surface area (Å²) in [6.45, 7) is 4.50. The number of rotatable bonds is 30. The van der Waals surface area contributed by atoms with Gasteiger partial charge in [-0.2, -0.15) is 0 Å². The molecule has 4 nitrogen and oxygen atoms in total. The van der Waals surface area contributed by atoms with Crippen LogP contribution < -0.4 is 0 Å². The van der Waals surface area contributed by atoms with Crippen molar-refractivity contribution in [2.75, 3.05) is 0 Å². The number of unbranched alkanes of at least 4 members (excludes halogenated alkanes) is 22. The standard InChI is InChI=1S/C18H36O2.C18H32O2.Fe.Na.H/c2*1-2-3-4-5-6-7-8-9-10-11-12-13-14-15-16-17-18(19)20;;;/h2-17H2,1H3,(H,19,20);6-7,9-10H,2-5,8,11-17H2,1H3,(H,19,20);;;/b;7-6-,10-9-;;;. The van der Waals surface area contributed by atoms with E-state index in [1.165, 1.54) is 128 Å². The summed E-state index contributed by atoms with van der Waals surface area (Å²) in [7, 11) is 0. The molecule has 0 fully saturated rings. The topological polar surface area (TPSA) is 74.6 Å². The van der Waals surface area contributed by atoms with Crippen LogP contribution in [0, 0.1) is 0 Å². The van der Waals surface area contributed by atoms with E-state index in [2.05, 4.69) is 38.2 Å². The fraction of sp³-hybridized carbons (Fsp3) is 0.833. The summed E-state index contributed by atoms with van der Waals surface area (Å²) in [5.41, 5.74) is 0. The van der Waals surface area contributed by atoms with E-state index >= 15 is 0 Å². The first kappa shape index (κ1) is 48.8. The Morgan fingerprint density at radius 2 is 0.690 bits per heavy atom. The molecule has 0 atom stereocenters. The quantitative estimate of drug-likeness (QED) is 0.0463. The Balaban J connectivity index is -0.000000328. The van der Waals surface area contributed by atoms with Gasteiger partial charge in [0, 0.05) is 29.9 Å². The summed E-state index contributed by atoms with van der Waals surface area (Å²) in [5.74, 6) is -1.32. The summed E-state index contributed by atoms with van der Waals surface area (Å²) in [4.78, 5) is 20.7. The molecule has 0 spiro atoms. The van der Waals surface area contributed by atoms with Gasteiger partial charge in [-0.15, -0.1) is 0 Å². The van der Waals surface area contributed by atoms with Gasteiger partial charge in [-0.05, 0) is 44.9 Å². The van der Waals surface area contributed by atoms with Crippen LogP contribution in [-0.2, 0) is 26.7 Å². The zero-order valence-corrected chi connectivity index (χ0v) is 28.3. The van der Waals surface area contributed by atoms with Crippen molar-refractivity contribution in [2.24, 2.45) is 0 Å². The minimum absolute atomic E-state index is 0. The van der Waals surface area contributed by atoms with Crippen LogP contribution in [0.25, 0.3) is 0 Å². The number of allylic oxidation sites excluding steroid dienone is 4. The molecule has 246 valence electrons. The van der Waals surface area contributed by atoms with E-state index in [4.69, 9.17) is 10.2 Å². The molecular formula is C36H69FeNaO4. The van der Waals surface area contributed by atoms with Crippen molar-refractivity contribution >= 4 is 41.5 Å². The van der Waals surface area contributed by atoms with Gasteiger partial charge in [-0.1, -0.05) is 160 Å². The van der Waals surface area contributed by atoms with Gasteiger partial charge in [0.15, 0.2) is 0 Å². The second-order valence-electron chi connectivity index (χ2n) is 11.5. The maximum atomic E-state index is 10.3. The molecule has 6 heteroatoms. The molecule has 0 amide bonds. The van der Waals surface area contributed by atoms with Gasteiger partial charge in [-0.3, -0.25) is 9.59 Å². The number of hydrogen-bond donors (Lipinski definition) is 2. The molecule has 0 saturated carbocycles. The maximum absolute atomic E-state index is 10.3. The van der Waals surface area contributed by atoms with Crippen LogP contribution in [-0.4, -0.2) is 51.7 Å². The summed E-state index contributed by atoms with van der Waals surface area (Å²) in [5, 5.41) is 17.0. The van der Waals surface area contributed by atoms with Crippen molar-refractivity contribution in [1.29, 1.82) is 0 Å². The molecule has 0 rings (SSSR count). The van der Waals surface area contributed by atoms with Gasteiger partial charge in [0.1, 0.15) is 0 Å². The first-order chi connectivity index (χ1) is 19.5. The predicted octanol–water partition coefficient (Wildman–Crippen LogP) is 11.6. The van der Waals surface area contributed by atoms with E-state index in [-0.39, 0.29) is 46.6 Å². The summed E-state index contributed by atoms with van der Waals surface area (Å²) in [6.07, 6.45) is 42.5. The molecule has 0 unspecified atom stereocenters. The zero-order chi connectivity index (χ0) is 29.8. The molecule has 0 aliphatic rings. The Hall–Kier alpha value is -0.0605. The van der Waals surface area contributed by atoms with Gasteiger partial charge in [-0.25, -0.2) is 0 Å². The average Bonchev–Trinajstić information content (AvgIpc) is 2.93. The minimum atomic E-state index is -0.671. The number of carboxylic acids is 2. The molecule has 0 bridgehead atoms. The van der Waals surface area contributed by atoms with Gasteiger partial charge < -0.3 is 10.2 Å². The third-order valence-corrected chi connectivity index (χ3v) is 7.34. The van der Waals surface area contributed by atoms with E-state index in [9.17, 15) is 9.59 Å². The normalized spacial score (nSPS) is 10.7. The van der Waals surface area contributed by atoms with Crippen molar-refractivity contribution in [3.05, 3.63) is 24.3 Å². The van der Waals surface area contributed by atoms with Crippen molar-refractivity contribution < 1.29 is 36.9 Å². The van der Waals surface area contributed by atoms with E-state index in [0.717, 1.165) is 38.5 Å². The first-order valence-corrected chi connectivity index (χ1v) is 17.3. The SMILES string of the molecule is CCCCC/C=C\C/C=C\CCCCCCCC(=O)O.CCCCCCCCCCCCCCCCCC(=O)O.[Fe].[NaH]. The number of carbonyl (C=O) groups is 2. The molecule has 0 saturated heterocycles. The van der Waals surface area contributed by atoms with Gasteiger partial charge in [0.25, 0.3) is 0 Å². The number of aliphatic carboxylic acids is 2. The first-order valence-electron chi connectivity index (χ1n) is 17.3. The van der Waals surface area contributed by atoms with Gasteiger partial charge in [0.2, 0.25) is 0 Å². The number of carboxylic acid groups (broad SMARTS) is 2. The van der Waals surface area contributed by atoms with Crippen LogP contribution in [0.4, 0.5) is 0 Å². The fourth-order valence-corrected chi connectivity index (χ4v) is 4.74. The molecule has 0 aliphatic heterocycles. The van der Waals surface area contributed by atoms with Crippen LogP contribution >= 0.6 is 0 Å². The van der Waals surface area contributed by atoms with Crippen LogP contribution in [0.2, 0.25) is 0 Å². The Morgan fingerprint density at radius 1 is 0.429 bits per heavy atom. The molecular weight excluding hydrogens is 575 g/mol. The molecule has 0 aromatic heterocycles. The van der Waals surface area contributed by atoms with Crippen LogP contribution in [0.3, 0.4) is 0 Å². The Kier molecular flexibility index (Phi) is 52.8. The summed E-state index contributed by atoms with van der Waals surface area (Å²) >= 11 is 0. The predicted molar refractivity (Wildman–Crippen MR) is 181 cm³/mol. The zero-order valence-electron chi connectivity index (χ0n) is 27.2. The summed E-state index contributed by atoms with van der Waals surface area (Å²) in [6, 6.07) is 0. The van der Waals surface area contributed by atoms with Crippen LogP contribution in [0.15, 0.2) is 24.3 Å². The molecule has 0 aromatic carbocycles.